The smallest absolute Gasteiger partial charge is 0.261 e. The summed E-state index contributed by atoms with van der Waals surface area (Å²) >= 11 is 0. The first-order chi connectivity index (χ1) is 26.6. The van der Waals surface area contributed by atoms with Crippen LogP contribution in [0.15, 0.2) is 146 Å². The van der Waals surface area contributed by atoms with Gasteiger partial charge in [0, 0.05) is 35.6 Å². The lowest BCUT2D eigenvalue weighted by atomic mass is 9.97. The molecule has 1 fully saturated rings. The van der Waals surface area contributed by atoms with Crippen LogP contribution in [0.5, 0.6) is 5.75 Å². The molecule has 6 aromatic rings. The van der Waals surface area contributed by atoms with E-state index in [9.17, 15) is 4.79 Å². The minimum Gasteiger partial charge on any atom is -0.497 e. The molecular formula is C47H48N2O5Si. The number of hydrogen-bond donors (Lipinski definition) is 1. The first-order valence-corrected chi connectivity index (χ1v) is 20.7. The molecular weight excluding hydrogens is 701 g/mol. The number of para-hydroxylation sites is 1. The van der Waals surface area contributed by atoms with Crippen molar-refractivity contribution in [3.05, 3.63) is 162 Å². The summed E-state index contributed by atoms with van der Waals surface area (Å²) in [7, 11) is -1.32. The number of rotatable bonds is 14. The maximum Gasteiger partial charge on any atom is 0.261 e. The van der Waals surface area contributed by atoms with Gasteiger partial charge in [-0.25, -0.2) is 0 Å². The highest BCUT2D eigenvalue weighted by atomic mass is 28.4. The first-order valence-electron chi connectivity index (χ1n) is 18.8. The number of benzene rings is 5. The lowest BCUT2D eigenvalue weighted by Crippen LogP contribution is -2.66. The van der Waals surface area contributed by atoms with Crippen LogP contribution >= 0.6 is 0 Å². The molecule has 0 radical (unpaired) electrons. The van der Waals surface area contributed by atoms with Gasteiger partial charge in [-0.3, -0.25) is 14.6 Å². The van der Waals surface area contributed by atoms with Crippen LogP contribution in [-0.2, 0) is 20.6 Å². The van der Waals surface area contributed by atoms with Crippen LogP contribution in [0.1, 0.15) is 55.1 Å². The number of ether oxygens (including phenoxy) is 2. The Kier molecular flexibility index (Phi) is 10.8. The van der Waals surface area contributed by atoms with Crippen molar-refractivity contribution < 1.29 is 23.5 Å². The zero-order valence-corrected chi connectivity index (χ0v) is 33.1. The van der Waals surface area contributed by atoms with E-state index in [1.54, 1.807) is 20.2 Å². The normalized spacial score (nSPS) is 18.1. The van der Waals surface area contributed by atoms with Gasteiger partial charge in [-0.05, 0) is 57.7 Å². The monoisotopic (exact) mass is 748 g/mol. The number of hydrogen-bond acceptors (Lipinski definition) is 6. The number of aromatic nitrogens is 1. The van der Waals surface area contributed by atoms with Crippen LogP contribution in [0.3, 0.4) is 0 Å². The van der Waals surface area contributed by atoms with Crippen molar-refractivity contribution in [2.75, 3.05) is 25.6 Å². The molecule has 0 bridgehead atoms. The Morgan fingerprint density at radius 3 is 2.02 bits per heavy atom. The van der Waals surface area contributed by atoms with E-state index in [0.29, 0.717) is 24.5 Å². The number of pyridine rings is 1. The minimum absolute atomic E-state index is 0.01000. The number of carbonyl (C=O) groups is 2. The molecule has 3 atom stereocenters. The average molecular weight is 749 g/mol. The third kappa shape index (κ3) is 7.37. The zero-order chi connectivity index (χ0) is 38.6. The number of fused-ring (bicyclic) bond motifs is 1. The number of nitrogens with one attached hydrogen (secondary N) is 1. The second-order valence-corrected chi connectivity index (χ2v) is 19.8. The highest BCUT2D eigenvalue weighted by Crippen LogP contribution is 2.66. The van der Waals surface area contributed by atoms with Gasteiger partial charge in [-0.1, -0.05) is 136 Å². The quantitative estimate of drug-likeness (QED) is 0.0888. The molecule has 1 amide bonds. The summed E-state index contributed by atoms with van der Waals surface area (Å²) in [6.45, 7) is 9.12. The van der Waals surface area contributed by atoms with Crippen LogP contribution < -0.4 is 20.4 Å². The maximum atomic E-state index is 15.2. The largest absolute Gasteiger partial charge is 0.497 e. The van der Waals surface area contributed by atoms with E-state index in [2.05, 4.69) is 79.6 Å². The fourth-order valence-corrected chi connectivity index (χ4v) is 12.9. The Balaban J connectivity index is 1.32. The number of nitrogens with zero attached hydrogens (tertiary/aromatic N) is 1. The molecule has 7 rings (SSSR count). The summed E-state index contributed by atoms with van der Waals surface area (Å²) in [5.74, 6) is 0.0861. The standard InChI is InChI=1S/C47H48N2O5Si/c1-33(50)35-23-25-36(26-24-35)43-41(31-54-55(46(2,3)4,39-16-8-6-9-17-39)40-18-10-7-11-19-40)47(43,32-53-30-34-21-27-38(52-5)28-22-34)45(51)49-42-20-12-14-37-15-13-29-48-44(37)42/h6-29,41,43H,30-32H2,1-5H3,(H,49,51)/t41-,43-,47+/m1/s1. The summed E-state index contributed by atoms with van der Waals surface area (Å²) in [5, 5.41) is 6.32. The third-order valence-electron chi connectivity index (χ3n) is 11.2. The van der Waals surface area contributed by atoms with Gasteiger partial charge in [0.05, 0.1) is 36.9 Å². The van der Waals surface area contributed by atoms with E-state index in [4.69, 9.17) is 13.9 Å². The van der Waals surface area contributed by atoms with Gasteiger partial charge < -0.3 is 19.2 Å². The molecule has 1 saturated carbocycles. The van der Waals surface area contributed by atoms with E-state index < -0.39 is 13.7 Å². The van der Waals surface area contributed by atoms with E-state index in [-0.39, 0.29) is 35.2 Å². The van der Waals surface area contributed by atoms with Crippen molar-refractivity contribution in [1.82, 2.24) is 4.98 Å². The molecule has 1 aliphatic rings. The van der Waals surface area contributed by atoms with Gasteiger partial charge in [0.25, 0.3) is 8.32 Å². The highest BCUT2D eigenvalue weighted by Gasteiger charge is 2.70. The molecule has 280 valence electrons. The van der Waals surface area contributed by atoms with Crippen molar-refractivity contribution >= 4 is 47.0 Å². The number of amides is 1. The number of Topliss-reactive ketones (excluding diaryl/α,β-unsaturated/α-hetero) is 1. The summed E-state index contributed by atoms with van der Waals surface area (Å²) < 4.78 is 19.5. The van der Waals surface area contributed by atoms with Crippen molar-refractivity contribution in [3.8, 4) is 5.75 Å². The fraction of sp³-hybridized carbons (Fsp3) is 0.255. The average Bonchev–Trinajstić information content (AvgIpc) is 3.86. The van der Waals surface area contributed by atoms with E-state index >= 15 is 4.79 Å². The molecule has 0 unspecified atom stereocenters. The van der Waals surface area contributed by atoms with Crippen LogP contribution in [0.4, 0.5) is 5.69 Å². The van der Waals surface area contributed by atoms with Gasteiger partial charge in [0.15, 0.2) is 5.78 Å². The minimum atomic E-state index is -2.97. The Bertz CT molecular complexity index is 2210. The molecule has 0 saturated heterocycles. The molecule has 1 aromatic heterocycles. The molecule has 8 heteroatoms. The predicted octanol–water partition coefficient (Wildman–Crippen LogP) is 8.58. The predicted molar refractivity (Wildman–Crippen MR) is 222 cm³/mol. The molecule has 1 N–H and O–H groups in total. The number of anilines is 1. The van der Waals surface area contributed by atoms with Crippen molar-refractivity contribution in [1.29, 1.82) is 0 Å². The maximum absolute atomic E-state index is 15.2. The second-order valence-electron chi connectivity index (χ2n) is 15.5. The van der Waals surface area contributed by atoms with E-state index in [1.165, 1.54) is 10.4 Å². The van der Waals surface area contributed by atoms with Crippen molar-refractivity contribution in [3.63, 3.8) is 0 Å². The molecule has 1 heterocycles. The molecule has 55 heavy (non-hydrogen) atoms. The summed E-state index contributed by atoms with van der Waals surface area (Å²) in [5.41, 5.74) is 2.90. The Hall–Kier alpha value is -5.41. The highest BCUT2D eigenvalue weighted by molar-refractivity contribution is 6.99. The summed E-state index contributed by atoms with van der Waals surface area (Å²) in [4.78, 5) is 32.1. The molecule has 7 nitrogen and oxygen atoms in total. The first kappa shape index (κ1) is 37.9. The van der Waals surface area contributed by atoms with Gasteiger partial charge in [0.2, 0.25) is 5.91 Å². The van der Waals surface area contributed by atoms with Crippen LogP contribution in [0, 0.1) is 11.3 Å². The van der Waals surface area contributed by atoms with Crippen molar-refractivity contribution in [2.24, 2.45) is 11.3 Å². The van der Waals surface area contributed by atoms with Crippen molar-refractivity contribution in [2.45, 2.75) is 45.3 Å². The zero-order valence-electron chi connectivity index (χ0n) is 32.1. The fourth-order valence-electron chi connectivity index (χ4n) is 8.27. The number of ketones is 1. The third-order valence-corrected chi connectivity index (χ3v) is 16.2. The summed E-state index contributed by atoms with van der Waals surface area (Å²) in [6.07, 6.45) is 1.74. The topological polar surface area (TPSA) is 86.8 Å². The Morgan fingerprint density at radius 1 is 0.782 bits per heavy atom. The molecule has 1 aliphatic carbocycles. The molecule has 0 aliphatic heterocycles. The van der Waals surface area contributed by atoms with Gasteiger partial charge >= 0.3 is 0 Å². The van der Waals surface area contributed by atoms with Crippen LogP contribution in [0.2, 0.25) is 5.04 Å². The molecule has 5 aromatic carbocycles. The molecule has 0 spiro atoms. The second kappa shape index (κ2) is 15.7. The van der Waals surface area contributed by atoms with Gasteiger partial charge in [-0.15, -0.1) is 0 Å². The van der Waals surface area contributed by atoms with Gasteiger partial charge in [0.1, 0.15) is 5.75 Å². The Labute approximate surface area is 324 Å². The van der Waals surface area contributed by atoms with Crippen LogP contribution in [-0.4, -0.2) is 45.3 Å². The lowest BCUT2D eigenvalue weighted by molar-refractivity contribution is -0.124. The van der Waals surface area contributed by atoms with Gasteiger partial charge in [-0.2, -0.15) is 0 Å². The van der Waals surface area contributed by atoms with E-state index in [0.717, 1.165) is 27.8 Å². The number of methoxy groups -OCH3 is 1. The van der Waals surface area contributed by atoms with Crippen LogP contribution in [0.25, 0.3) is 10.9 Å². The summed E-state index contributed by atoms with van der Waals surface area (Å²) in [6, 6.07) is 46.2. The lowest BCUT2D eigenvalue weighted by Gasteiger charge is -2.43. The number of carbonyl (C=O) groups excluding carboxylic acids is 2. The SMILES string of the molecule is COc1ccc(COC[C@]2(C(=O)Nc3cccc4cccnc34)[C@H](CO[Si](c3ccccc3)(c3ccccc3)C(C)(C)C)[C@H]2c2ccc(C(C)=O)cc2)cc1. The van der Waals surface area contributed by atoms with E-state index in [1.807, 2.05) is 91.0 Å². The Morgan fingerprint density at radius 2 is 1.42 bits per heavy atom.